The quantitative estimate of drug-likeness (QED) is 0.730. The molecule has 2 N–H and O–H groups in total. The van der Waals surface area contributed by atoms with E-state index in [-0.39, 0.29) is 5.41 Å². The first-order valence-electron chi connectivity index (χ1n) is 4.47. The predicted octanol–water partition coefficient (Wildman–Crippen LogP) is 2.46. The second-order valence-electron chi connectivity index (χ2n) is 4.52. The Morgan fingerprint density at radius 3 is 2.64 bits per heavy atom. The van der Waals surface area contributed by atoms with Gasteiger partial charge in [-0.25, -0.2) is 4.98 Å². The van der Waals surface area contributed by atoms with Crippen LogP contribution in [0.2, 0.25) is 5.02 Å². The molecule has 1 aromatic heterocycles. The van der Waals surface area contributed by atoms with Crippen LogP contribution in [0.15, 0.2) is 12.3 Å². The third-order valence-electron chi connectivity index (χ3n) is 3.09. The lowest BCUT2D eigenvalue weighted by Gasteiger charge is -2.15. The van der Waals surface area contributed by atoms with Crippen molar-refractivity contribution in [2.75, 3.05) is 0 Å². The molecule has 0 saturated heterocycles. The molecule has 2 rings (SSSR count). The Morgan fingerprint density at radius 1 is 1.57 bits per heavy atom. The Hall–Kier alpha value is -0.670. The van der Waals surface area contributed by atoms with Crippen molar-refractivity contribution >= 4 is 11.6 Å². The zero-order valence-corrected chi connectivity index (χ0v) is 8.90. The molecule has 2 nitrogen and oxygen atoms in total. The Labute approximate surface area is 87.3 Å². The summed E-state index contributed by atoms with van der Waals surface area (Å²) in [6, 6.07) is 1.57. The van der Waals surface area contributed by atoms with E-state index in [2.05, 4.69) is 4.98 Å². The summed E-state index contributed by atoms with van der Waals surface area (Å²) in [4.78, 5) is 3.57. The van der Waals surface area contributed by atoms with Crippen molar-refractivity contribution in [3.63, 3.8) is 0 Å². The molecule has 14 heavy (non-hydrogen) atoms. The number of nitrogens with two attached hydrogens (primary N) is 1. The van der Waals surface area contributed by atoms with Crippen LogP contribution in [0.1, 0.15) is 25.8 Å². The highest BCUT2D eigenvalue weighted by molar-refractivity contribution is 6.30. The minimum atomic E-state index is -0.602. The van der Waals surface area contributed by atoms with Gasteiger partial charge < -0.3 is 5.73 Å². The lowest BCUT2D eigenvalue weighted by Crippen LogP contribution is -2.27. The maximum atomic E-state index is 13.4. The van der Waals surface area contributed by atoms with Crippen LogP contribution >= 0.6 is 11.6 Å². The molecule has 1 fully saturated rings. The van der Waals surface area contributed by atoms with E-state index in [0.29, 0.717) is 10.6 Å². The van der Waals surface area contributed by atoms with Gasteiger partial charge in [-0.3, -0.25) is 0 Å². The van der Waals surface area contributed by atoms with Gasteiger partial charge in [0.25, 0.3) is 0 Å². The van der Waals surface area contributed by atoms with Crippen LogP contribution in [0.5, 0.6) is 0 Å². The molecule has 1 aromatic rings. The molecule has 76 valence electrons. The second kappa shape index (κ2) is 2.67. The van der Waals surface area contributed by atoms with Crippen LogP contribution in [-0.2, 0) is 5.54 Å². The van der Waals surface area contributed by atoms with Gasteiger partial charge in [0, 0.05) is 11.8 Å². The fraction of sp³-hybridized carbons (Fsp3) is 0.500. The maximum absolute atomic E-state index is 13.4. The molecule has 1 aliphatic rings. The van der Waals surface area contributed by atoms with Gasteiger partial charge in [0.15, 0.2) is 0 Å². The number of halogens is 2. The van der Waals surface area contributed by atoms with Crippen LogP contribution in [0.25, 0.3) is 0 Å². The van der Waals surface area contributed by atoms with E-state index in [0.717, 1.165) is 6.42 Å². The van der Waals surface area contributed by atoms with Crippen molar-refractivity contribution < 1.29 is 4.39 Å². The van der Waals surface area contributed by atoms with E-state index in [4.69, 9.17) is 17.3 Å². The van der Waals surface area contributed by atoms with Gasteiger partial charge >= 0.3 is 0 Å². The second-order valence-corrected chi connectivity index (χ2v) is 4.96. The van der Waals surface area contributed by atoms with Crippen LogP contribution in [0.3, 0.4) is 0 Å². The fourth-order valence-corrected chi connectivity index (χ4v) is 2.01. The van der Waals surface area contributed by atoms with Crippen LogP contribution in [0.4, 0.5) is 4.39 Å². The first-order chi connectivity index (χ1) is 6.37. The summed E-state index contributed by atoms with van der Waals surface area (Å²) in [5, 5.41) is 0.425. The third kappa shape index (κ3) is 1.23. The van der Waals surface area contributed by atoms with Crippen molar-refractivity contribution in [3.05, 3.63) is 28.8 Å². The average Bonchev–Trinajstić information content (AvgIpc) is 2.58. The molecule has 0 spiro atoms. The molecular formula is C10H12ClFN2. The van der Waals surface area contributed by atoms with Gasteiger partial charge in [-0.15, -0.1) is 0 Å². The van der Waals surface area contributed by atoms with Gasteiger partial charge in [0.2, 0.25) is 5.95 Å². The highest BCUT2D eigenvalue weighted by atomic mass is 35.5. The molecule has 4 heteroatoms. The van der Waals surface area contributed by atoms with Crippen LogP contribution < -0.4 is 5.73 Å². The van der Waals surface area contributed by atoms with Crippen molar-refractivity contribution in [2.24, 2.45) is 11.1 Å². The van der Waals surface area contributed by atoms with Gasteiger partial charge in [-0.05, 0) is 17.9 Å². The first-order valence-corrected chi connectivity index (χ1v) is 4.85. The third-order valence-corrected chi connectivity index (χ3v) is 3.30. The molecule has 0 bridgehead atoms. The lowest BCUT2D eigenvalue weighted by molar-refractivity contribution is 0.471. The topological polar surface area (TPSA) is 38.9 Å². The molecule has 0 radical (unpaired) electrons. The van der Waals surface area contributed by atoms with E-state index in [1.807, 2.05) is 13.8 Å². The summed E-state index contributed by atoms with van der Waals surface area (Å²) >= 11 is 5.76. The monoisotopic (exact) mass is 214 g/mol. The SMILES string of the molecule is CC1(C)CC1(N)c1cc(Cl)cnc1F. The standard InChI is InChI=1S/C10H12ClFN2/c1-9(2)5-10(9,13)7-3-6(11)4-14-8(7)12/h3-4H,5,13H2,1-2H3. The minimum absolute atomic E-state index is 0.0692. The Balaban J connectivity index is 2.48. The fourth-order valence-electron chi connectivity index (χ4n) is 1.85. The molecule has 0 aliphatic heterocycles. The van der Waals surface area contributed by atoms with Crippen molar-refractivity contribution in [1.29, 1.82) is 0 Å². The predicted molar refractivity (Wildman–Crippen MR) is 53.5 cm³/mol. The van der Waals surface area contributed by atoms with E-state index >= 15 is 0 Å². The summed E-state index contributed by atoms with van der Waals surface area (Å²) in [7, 11) is 0. The molecule has 1 atom stereocenters. The Bertz CT molecular complexity index is 392. The highest BCUT2D eigenvalue weighted by Gasteiger charge is 2.60. The average molecular weight is 215 g/mol. The molecule has 1 saturated carbocycles. The summed E-state index contributed by atoms with van der Waals surface area (Å²) < 4.78 is 13.4. The lowest BCUT2D eigenvalue weighted by atomic mass is 9.98. The van der Waals surface area contributed by atoms with Gasteiger partial charge in [-0.2, -0.15) is 4.39 Å². The van der Waals surface area contributed by atoms with Crippen LogP contribution in [-0.4, -0.2) is 4.98 Å². The van der Waals surface area contributed by atoms with Crippen molar-refractivity contribution in [1.82, 2.24) is 4.98 Å². The van der Waals surface area contributed by atoms with E-state index in [9.17, 15) is 4.39 Å². The van der Waals surface area contributed by atoms with Crippen molar-refractivity contribution in [3.8, 4) is 0 Å². The Kier molecular flexibility index (Phi) is 1.88. The molecule has 1 unspecified atom stereocenters. The zero-order valence-electron chi connectivity index (χ0n) is 8.14. The normalized spacial score (nSPS) is 28.9. The summed E-state index contributed by atoms with van der Waals surface area (Å²) in [5.74, 6) is -0.512. The van der Waals surface area contributed by atoms with Gasteiger partial charge in [0.1, 0.15) is 0 Å². The number of hydrogen-bond donors (Lipinski definition) is 1. The van der Waals surface area contributed by atoms with Gasteiger partial charge in [0.05, 0.1) is 10.6 Å². The number of aromatic nitrogens is 1. The highest BCUT2D eigenvalue weighted by Crippen LogP contribution is 2.60. The molecule has 0 aromatic carbocycles. The van der Waals surface area contributed by atoms with E-state index in [1.165, 1.54) is 6.20 Å². The van der Waals surface area contributed by atoms with Gasteiger partial charge in [-0.1, -0.05) is 25.4 Å². The maximum Gasteiger partial charge on any atom is 0.218 e. The van der Waals surface area contributed by atoms with E-state index < -0.39 is 11.5 Å². The number of hydrogen-bond acceptors (Lipinski definition) is 2. The Morgan fingerprint density at radius 2 is 2.14 bits per heavy atom. The smallest absolute Gasteiger partial charge is 0.218 e. The van der Waals surface area contributed by atoms with E-state index in [1.54, 1.807) is 6.07 Å². The summed E-state index contributed by atoms with van der Waals surface area (Å²) in [6.45, 7) is 4.01. The molecular weight excluding hydrogens is 203 g/mol. The number of nitrogens with zero attached hydrogens (tertiary/aromatic N) is 1. The number of pyridine rings is 1. The van der Waals surface area contributed by atoms with Crippen LogP contribution in [0, 0.1) is 11.4 Å². The largest absolute Gasteiger partial charge is 0.321 e. The summed E-state index contributed by atoms with van der Waals surface area (Å²) in [6.07, 6.45) is 2.05. The molecule has 1 aliphatic carbocycles. The molecule has 0 amide bonds. The minimum Gasteiger partial charge on any atom is -0.321 e. The molecule has 1 heterocycles. The summed E-state index contributed by atoms with van der Waals surface area (Å²) in [5.41, 5.74) is 5.83. The zero-order chi connectivity index (χ0) is 10.6. The first kappa shape index (κ1) is 9.87. The van der Waals surface area contributed by atoms with Crippen molar-refractivity contribution in [2.45, 2.75) is 25.8 Å². The number of rotatable bonds is 1.